The minimum Gasteiger partial charge on any atom is -0.456 e. The fourth-order valence-electron chi connectivity index (χ4n) is 8.48. The van der Waals surface area contributed by atoms with Crippen molar-refractivity contribution in [3.05, 3.63) is 182 Å². The molecule has 266 valence electrons. The van der Waals surface area contributed by atoms with Gasteiger partial charge in [0.05, 0.1) is 11.0 Å². The molecule has 0 amide bonds. The summed E-state index contributed by atoms with van der Waals surface area (Å²) in [7, 11) is 0. The average Bonchev–Trinajstić information content (AvgIpc) is 3.96. The van der Waals surface area contributed by atoms with Gasteiger partial charge in [0.15, 0.2) is 17.5 Å². The second-order valence-electron chi connectivity index (χ2n) is 14.4. The Labute approximate surface area is 330 Å². The van der Waals surface area contributed by atoms with Crippen LogP contribution in [0.1, 0.15) is 0 Å². The van der Waals surface area contributed by atoms with Gasteiger partial charge in [-0.1, -0.05) is 133 Å². The first-order chi connectivity index (χ1) is 28.2. The third kappa shape index (κ3) is 5.04. The van der Waals surface area contributed by atoms with Crippen LogP contribution in [0.4, 0.5) is 0 Å². The van der Waals surface area contributed by atoms with Crippen molar-refractivity contribution >= 4 is 75.3 Å². The second-order valence-corrected chi connectivity index (χ2v) is 15.4. The summed E-state index contributed by atoms with van der Waals surface area (Å²) in [4.78, 5) is 15.4. The Morgan fingerprint density at radius 2 is 1.05 bits per heavy atom. The molecule has 6 heteroatoms. The maximum Gasteiger partial charge on any atom is 0.164 e. The average molecular weight is 747 g/mol. The van der Waals surface area contributed by atoms with Crippen molar-refractivity contribution in [3.63, 3.8) is 0 Å². The van der Waals surface area contributed by atoms with Gasteiger partial charge in [0.25, 0.3) is 0 Å². The third-order valence-electron chi connectivity index (χ3n) is 11.1. The molecule has 0 atom stereocenters. The van der Waals surface area contributed by atoms with Crippen LogP contribution in [0.2, 0.25) is 0 Å². The minimum absolute atomic E-state index is 0.597. The first-order valence-corrected chi connectivity index (χ1v) is 19.8. The van der Waals surface area contributed by atoms with Crippen LogP contribution in [-0.2, 0) is 0 Å². The van der Waals surface area contributed by atoms with Crippen molar-refractivity contribution in [3.8, 4) is 51.0 Å². The number of hydrogen-bond acceptors (Lipinski definition) is 5. The van der Waals surface area contributed by atoms with Crippen LogP contribution in [0.3, 0.4) is 0 Å². The lowest BCUT2D eigenvalue weighted by Gasteiger charge is -2.12. The fourth-order valence-corrected chi connectivity index (χ4v) is 9.72. The van der Waals surface area contributed by atoms with E-state index in [9.17, 15) is 0 Å². The van der Waals surface area contributed by atoms with Gasteiger partial charge in [0.1, 0.15) is 11.2 Å². The Morgan fingerprint density at radius 1 is 0.404 bits per heavy atom. The highest BCUT2D eigenvalue weighted by Crippen LogP contribution is 2.42. The van der Waals surface area contributed by atoms with Gasteiger partial charge in [-0.05, 0) is 59.7 Å². The fraction of sp³-hybridized carbons (Fsp3) is 0. The van der Waals surface area contributed by atoms with Gasteiger partial charge in [-0.3, -0.25) is 0 Å². The van der Waals surface area contributed by atoms with Crippen molar-refractivity contribution in [1.29, 1.82) is 0 Å². The Balaban J connectivity index is 1.03. The van der Waals surface area contributed by atoms with Crippen molar-refractivity contribution in [1.82, 2.24) is 19.5 Å². The second kappa shape index (κ2) is 12.6. The zero-order chi connectivity index (χ0) is 37.5. The Bertz CT molecular complexity index is 3540. The number of thiophene rings is 1. The molecule has 12 aromatic rings. The van der Waals surface area contributed by atoms with E-state index >= 15 is 0 Å². The van der Waals surface area contributed by atoms with E-state index in [4.69, 9.17) is 19.4 Å². The number of nitrogens with zero attached hydrogens (tertiary/aromatic N) is 4. The lowest BCUT2D eigenvalue weighted by molar-refractivity contribution is 0.669. The summed E-state index contributed by atoms with van der Waals surface area (Å²) < 4.78 is 11.2. The van der Waals surface area contributed by atoms with Gasteiger partial charge in [-0.2, -0.15) is 0 Å². The van der Waals surface area contributed by atoms with Gasteiger partial charge in [-0.25, -0.2) is 15.0 Å². The quantitative estimate of drug-likeness (QED) is 0.176. The summed E-state index contributed by atoms with van der Waals surface area (Å²) in [6, 6.07) is 63.8. The van der Waals surface area contributed by atoms with Crippen molar-refractivity contribution in [2.75, 3.05) is 0 Å². The lowest BCUT2D eigenvalue weighted by Crippen LogP contribution is -2.01. The molecule has 0 bridgehead atoms. The molecule has 0 radical (unpaired) electrons. The number of aromatic nitrogens is 4. The van der Waals surface area contributed by atoms with Gasteiger partial charge < -0.3 is 8.98 Å². The number of furan rings is 1. The molecule has 8 aromatic carbocycles. The third-order valence-corrected chi connectivity index (χ3v) is 12.3. The molecule has 0 spiro atoms. The SMILES string of the molecule is c1ccc(-c2nc(-c3cccc(-n4c5ccccc5c5cc(-c6cccc7c6sc6ccccc67)ccc54)c3)nc(-c3cccc4oc5ccccc5c34)n2)cc1. The number of hydrogen-bond donors (Lipinski definition) is 0. The molecule has 5 nitrogen and oxygen atoms in total. The minimum atomic E-state index is 0.597. The van der Waals surface area contributed by atoms with E-state index in [0.717, 1.165) is 55.3 Å². The molecule has 0 N–H and O–H groups in total. The molecule has 0 aliphatic heterocycles. The standard InChI is InChI=1S/C51H30N4OS/c1-2-13-31(14-3-1)49-52-50(54-51(53-49)40-22-12-25-45-47(40)39-19-5-8-24-44(39)56-45)33-15-10-16-34(29-33)55-42-23-7-4-17-36(42)41-30-32(27-28-43(41)55)35-20-11-21-38-37-18-6-9-26-46(37)57-48(35)38/h1-30H. The summed E-state index contributed by atoms with van der Waals surface area (Å²) in [6.45, 7) is 0. The first-order valence-electron chi connectivity index (χ1n) is 19.0. The number of rotatable bonds is 5. The van der Waals surface area contributed by atoms with Gasteiger partial charge >= 0.3 is 0 Å². The highest BCUT2D eigenvalue weighted by atomic mass is 32.1. The van der Waals surface area contributed by atoms with Crippen LogP contribution < -0.4 is 0 Å². The van der Waals surface area contributed by atoms with E-state index < -0.39 is 0 Å². The van der Waals surface area contributed by atoms with E-state index in [1.165, 1.54) is 42.1 Å². The monoisotopic (exact) mass is 746 g/mol. The van der Waals surface area contributed by atoms with E-state index in [0.29, 0.717) is 17.5 Å². The molecular formula is C51H30N4OS. The van der Waals surface area contributed by atoms with E-state index in [1.807, 2.05) is 72.0 Å². The molecule has 0 unspecified atom stereocenters. The van der Waals surface area contributed by atoms with Crippen LogP contribution in [0, 0.1) is 0 Å². The molecule has 0 fully saturated rings. The normalized spacial score (nSPS) is 11.9. The molecule has 4 aromatic heterocycles. The van der Waals surface area contributed by atoms with Crippen molar-refractivity contribution < 1.29 is 4.42 Å². The van der Waals surface area contributed by atoms with Crippen LogP contribution >= 0.6 is 11.3 Å². The summed E-state index contributed by atoms with van der Waals surface area (Å²) in [5.74, 6) is 1.81. The summed E-state index contributed by atoms with van der Waals surface area (Å²) >= 11 is 1.87. The van der Waals surface area contributed by atoms with Crippen LogP contribution in [0.5, 0.6) is 0 Å². The number of fused-ring (bicyclic) bond motifs is 9. The van der Waals surface area contributed by atoms with Crippen molar-refractivity contribution in [2.45, 2.75) is 0 Å². The van der Waals surface area contributed by atoms with Crippen LogP contribution in [-0.4, -0.2) is 19.5 Å². The molecular weight excluding hydrogens is 717 g/mol. The zero-order valence-electron chi connectivity index (χ0n) is 30.4. The van der Waals surface area contributed by atoms with Crippen LogP contribution in [0.15, 0.2) is 186 Å². The molecule has 0 saturated heterocycles. The van der Waals surface area contributed by atoms with Gasteiger partial charge in [0, 0.05) is 64.1 Å². The smallest absolute Gasteiger partial charge is 0.164 e. The molecule has 4 heterocycles. The summed E-state index contributed by atoms with van der Waals surface area (Å²) in [5.41, 5.74) is 10.1. The highest BCUT2D eigenvalue weighted by molar-refractivity contribution is 7.26. The summed E-state index contributed by atoms with van der Waals surface area (Å²) in [6.07, 6.45) is 0. The molecule has 0 aliphatic carbocycles. The van der Waals surface area contributed by atoms with E-state index in [-0.39, 0.29) is 0 Å². The van der Waals surface area contributed by atoms with E-state index in [2.05, 4.69) is 126 Å². The summed E-state index contributed by atoms with van der Waals surface area (Å²) in [5, 5.41) is 7.05. The van der Waals surface area contributed by atoms with Crippen molar-refractivity contribution in [2.24, 2.45) is 0 Å². The Kier molecular flexibility index (Phi) is 7.03. The molecule has 0 saturated carbocycles. The predicted octanol–water partition coefficient (Wildman–Crippen LogP) is 13.9. The maximum atomic E-state index is 6.26. The Morgan fingerprint density at radius 3 is 1.96 bits per heavy atom. The molecule has 57 heavy (non-hydrogen) atoms. The first kappa shape index (κ1) is 31.9. The molecule has 0 aliphatic rings. The Hall–Kier alpha value is -7.41. The van der Waals surface area contributed by atoms with Gasteiger partial charge in [-0.15, -0.1) is 11.3 Å². The number of benzene rings is 8. The zero-order valence-corrected chi connectivity index (χ0v) is 31.2. The highest BCUT2D eigenvalue weighted by Gasteiger charge is 2.20. The molecule has 12 rings (SSSR count). The van der Waals surface area contributed by atoms with E-state index in [1.54, 1.807) is 0 Å². The van der Waals surface area contributed by atoms with Crippen LogP contribution in [0.25, 0.3) is 115 Å². The van der Waals surface area contributed by atoms with Gasteiger partial charge in [0.2, 0.25) is 0 Å². The topological polar surface area (TPSA) is 56.7 Å². The number of para-hydroxylation sites is 2. The predicted molar refractivity (Wildman–Crippen MR) is 236 cm³/mol. The maximum absolute atomic E-state index is 6.26. The lowest BCUT2D eigenvalue weighted by atomic mass is 10.0. The largest absolute Gasteiger partial charge is 0.456 e.